The van der Waals surface area contributed by atoms with Gasteiger partial charge >= 0.3 is 0 Å². The molecule has 7 heteroatoms. The van der Waals surface area contributed by atoms with Crippen molar-refractivity contribution in [3.05, 3.63) is 53.8 Å². The molecule has 0 radical (unpaired) electrons. The van der Waals surface area contributed by atoms with Gasteiger partial charge < -0.3 is 9.47 Å². The molecule has 0 saturated carbocycles. The molecule has 130 valence electrons. The molecule has 0 N–H and O–H groups in total. The minimum atomic E-state index is -0.244. The Morgan fingerprint density at radius 2 is 1.84 bits per heavy atom. The van der Waals surface area contributed by atoms with Gasteiger partial charge in [0.1, 0.15) is 17.3 Å². The van der Waals surface area contributed by atoms with Crippen LogP contribution in [0, 0.1) is 12.7 Å². The Balaban J connectivity index is 1.50. The van der Waals surface area contributed by atoms with Gasteiger partial charge in [0.25, 0.3) is 0 Å². The van der Waals surface area contributed by atoms with Crippen LogP contribution >= 0.6 is 0 Å². The number of rotatable bonds is 7. The van der Waals surface area contributed by atoms with E-state index in [0.717, 1.165) is 23.5 Å². The predicted octanol–water partition coefficient (Wildman–Crippen LogP) is 3.27. The summed E-state index contributed by atoms with van der Waals surface area (Å²) >= 11 is 0. The number of ether oxygens (including phenoxy) is 2. The monoisotopic (exact) mass is 342 g/mol. The number of halogens is 1. The van der Waals surface area contributed by atoms with Crippen LogP contribution in [0.1, 0.15) is 12.0 Å². The van der Waals surface area contributed by atoms with E-state index in [9.17, 15) is 4.39 Å². The Kier molecular flexibility index (Phi) is 5.23. The van der Waals surface area contributed by atoms with Gasteiger partial charge in [-0.1, -0.05) is 0 Å². The first-order chi connectivity index (χ1) is 12.2. The topological polar surface area (TPSA) is 62.1 Å². The van der Waals surface area contributed by atoms with Gasteiger partial charge in [-0.05, 0) is 60.2 Å². The Hall–Kier alpha value is -2.96. The van der Waals surface area contributed by atoms with Crippen LogP contribution in [-0.2, 0) is 6.54 Å². The van der Waals surface area contributed by atoms with Crippen molar-refractivity contribution in [2.45, 2.75) is 19.9 Å². The number of hydrogen-bond acceptors (Lipinski definition) is 5. The fraction of sp³-hybridized carbons (Fsp3) is 0.278. The third kappa shape index (κ3) is 4.32. The highest BCUT2D eigenvalue weighted by atomic mass is 19.1. The summed E-state index contributed by atoms with van der Waals surface area (Å²) < 4.78 is 24.1. The Morgan fingerprint density at radius 1 is 1.08 bits per heavy atom. The quantitative estimate of drug-likeness (QED) is 0.617. The predicted molar refractivity (Wildman–Crippen MR) is 91.1 cm³/mol. The lowest BCUT2D eigenvalue weighted by Crippen LogP contribution is -2.07. The van der Waals surface area contributed by atoms with Crippen LogP contribution in [0.2, 0.25) is 0 Å². The lowest BCUT2D eigenvalue weighted by Gasteiger charge is -2.06. The molecule has 2 aromatic carbocycles. The van der Waals surface area contributed by atoms with Crippen molar-refractivity contribution < 1.29 is 13.9 Å². The molecule has 6 nitrogen and oxygen atoms in total. The summed E-state index contributed by atoms with van der Waals surface area (Å²) in [6.07, 6.45) is 0.740. The molecule has 0 atom stereocenters. The summed E-state index contributed by atoms with van der Waals surface area (Å²) in [5.41, 5.74) is 1.31. The number of tetrazole rings is 1. The first-order valence-electron chi connectivity index (χ1n) is 7.97. The first-order valence-corrected chi connectivity index (χ1v) is 7.97. The Morgan fingerprint density at radius 3 is 2.56 bits per heavy atom. The highest BCUT2D eigenvalue weighted by molar-refractivity contribution is 5.55. The second-order valence-electron chi connectivity index (χ2n) is 5.55. The lowest BCUT2D eigenvalue weighted by molar-refractivity contribution is 0.292. The minimum absolute atomic E-state index is 0.244. The van der Waals surface area contributed by atoms with Crippen LogP contribution in [0.3, 0.4) is 0 Å². The molecular formula is C18H19FN4O2. The molecule has 0 saturated heterocycles. The van der Waals surface area contributed by atoms with Crippen LogP contribution in [0.4, 0.5) is 4.39 Å². The zero-order valence-corrected chi connectivity index (χ0v) is 14.1. The van der Waals surface area contributed by atoms with Crippen LogP contribution in [-0.4, -0.2) is 33.9 Å². The molecule has 1 aromatic heterocycles. The van der Waals surface area contributed by atoms with E-state index in [4.69, 9.17) is 9.47 Å². The molecular weight excluding hydrogens is 323 g/mol. The van der Waals surface area contributed by atoms with E-state index in [0.29, 0.717) is 24.5 Å². The van der Waals surface area contributed by atoms with Gasteiger partial charge in [-0.2, -0.15) is 4.80 Å². The second-order valence-corrected chi connectivity index (χ2v) is 5.55. The van der Waals surface area contributed by atoms with E-state index in [1.165, 1.54) is 10.9 Å². The van der Waals surface area contributed by atoms with Gasteiger partial charge in [-0.3, -0.25) is 0 Å². The SMILES string of the molecule is COc1ccc(OCCCn2nnc(-c3ccc(F)c(C)c3)n2)cc1. The van der Waals surface area contributed by atoms with Gasteiger partial charge in [0.2, 0.25) is 5.82 Å². The van der Waals surface area contributed by atoms with Gasteiger partial charge in [-0.15, -0.1) is 10.2 Å². The van der Waals surface area contributed by atoms with E-state index >= 15 is 0 Å². The summed E-state index contributed by atoms with van der Waals surface area (Å²) in [6, 6.07) is 12.2. The molecule has 0 unspecified atom stereocenters. The molecule has 0 fully saturated rings. The molecule has 0 aliphatic rings. The maximum Gasteiger partial charge on any atom is 0.204 e. The summed E-state index contributed by atoms with van der Waals surface area (Å²) in [5.74, 6) is 1.82. The Bertz CT molecular complexity index is 833. The van der Waals surface area contributed by atoms with Crippen LogP contribution in [0.5, 0.6) is 11.5 Å². The van der Waals surface area contributed by atoms with Crippen molar-refractivity contribution in [3.63, 3.8) is 0 Å². The molecule has 25 heavy (non-hydrogen) atoms. The third-order valence-corrected chi connectivity index (χ3v) is 3.70. The average Bonchev–Trinajstić information content (AvgIpc) is 3.10. The van der Waals surface area contributed by atoms with Gasteiger partial charge in [0.05, 0.1) is 20.3 Å². The largest absolute Gasteiger partial charge is 0.497 e. The van der Waals surface area contributed by atoms with Gasteiger partial charge in [-0.25, -0.2) is 4.39 Å². The highest BCUT2D eigenvalue weighted by Crippen LogP contribution is 2.18. The molecule has 3 rings (SSSR count). The normalized spacial score (nSPS) is 10.7. The Labute approximate surface area is 145 Å². The van der Waals surface area contributed by atoms with E-state index in [-0.39, 0.29) is 5.82 Å². The second kappa shape index (κ2) is 7.74. The van der Waals surface area contributed by atoms with Gasteiger partial charge in [0.15, 0.2) is 0 Å². The molecule has 0 aliphatic heterocycles. The minimum Gasteiger partial charge on any atom is -0.497 e. The number of aryl methyl sites for hydroxylation is 2. The van der Waals surface area contributed by atoms with Crippen molar-refractivity contribution >= 4 is 0 Å². The molecule has 1 heterocycles. The number of aromatic nitrogens is 4. The van der Waals surface area contributed by atoms with Crippen molar-refractivity contribution in [2.75, 3.05) is 13.7 Å². The number of nitrogens with zero attached hydrogens (tertiary/aromatic N) is 4. The molecule has 0 aliphatic carbocycles. The molecule has 0 amide bonds. The molecule has 3 aromatic rings. The maximum absolute atomic E-state index is 13.3. The van der Waals surface area contributed by atoms with Crippen molar-refractivity contribution in [2.24, 2.45) is 0 Å². The highest BCUT2D eigenvalue weighted by Gasteiger charge is 2.08. The maximum atomic E-state index is 13.3. The summed E-state index contributed by atoms with van der Waals surface area (Å²) in [4.78, 5) is 1.52. The smallest absolute Gasteiger partial charge is 0.204 e. The summed E-state index contributed by atoms with van der Waals surface area (Å²) in [5, 5.41) is 12.4. The van der Waals surface area contributed by atoms with Crippen LogP contribution in [0.25, 0.3) is 11.4 Å². The van der Waals surface area contributed by atoms with E-state index in [1.54, 1.807) is 26.2 Å². The fourth-order valence-electron chi connectivity index (χ4n) is 2.31. The van der Waals surface area contributed by atoms with E-state index in [1.807, 2.05) is 24.3 Å². The average molecular weight is 342 g/mol. The van der Waals surface area contributed by atoms with E-state index in [2.05, 4.69) is 15.4 Å². The van der Waals surface area contributed by atoms with Crippen LogP contribution in [0.15, 0.2) is 42.5 Å². The molecule has 0 spiro atoms. The molecule has 0 bridgehead atoms. The van der Waals surface area contributed by atoms with Gasteiger partial charge in [0, 0.05) is 12.0 Å². The standard InChI is InChI=1S/C18H19FN4O2/c1-13-12-14(4-9-17(13)19)18-20-22-23(21-18)10-3-11-25-16-7-5-15(24-2)6-8-16/h4-9,12H,3,10-11H2,1-2H3. The summed E-state index contributed by atoms with van der Waals surface area (Å²) in [6.45, 7) is 2.84. The number of methoxy groups -OCH3 is 1. The third-order valence-electron chi connectivity index (χ3n) is 3.70. The zero-order valence-electron chi connectivity index (χ0n) is 14.1. The number of benzene rings is 2. The summed E-state index contributed by atoms with van der Waals surface area (Å²) in [7, 11) is 1.63. The van der Waals surface area contributed by atoms with Crippen molar-refractivity contribution in [1.29, 1.82) is 0 Å². The zero-order chi connectivity index (χ0) is 17.6. The lowest BCUT2D eigenvalue weighted by atomic mass is 10.1. The number of hydrogen-bond donors (Lipinski definition) is 0. The van der Waals surface area contributed by atoms with Crippen LogP contribution < -0.4 is 9.47 Å². The first kappa shape index (κ1) is 16.9. The van der Waals surface area contributed by atoms with Crippen molar-refractivity contribution in [3.8, 4) is 22.9 Å². The van der Waals surface area contributed by atoms with E-state index < -0.39 is 0 Å². The fourth-order valence-corrected chi connectivity index (χ4v) is 2.31. The van der Waals surface area contributed by atoms with Crippen molar-refractivity contribution in [1.82, 2.24) is 20.2 Å².